The second-order valence-corrected chi connectivity index (χ2v) is 13.3. The number of carbonyl (C=O) groups is 2. The molecule has 0 radical (unpaired) electrons. The number of nitrogens with one attached hydrogen (secondary N) is 1. The molecule has 13 heteroatoms. The SMILES string of the molecule is CC[C@@H]1c2ncc(C(=O)N[C@@H](COC(N)=O)c3ccc(S(=O)(=O)CC)cc3)cc2CN1C[C@H]1CC[C@H](C(F)(F)F)CC1. The number of hydrogen-bond donors (Lipinski definition) is 2. The van der Waals surface area contributed by atoms with Crippen LogP contribution in [0.2, 0.25) is 0 Å². The van der Waals surface area contributed by atoms with Gasteiger partial charge in [-0.1, -0.05) is 26.0 Å². The van der Waals surface area contributed by atoms with Crippen molar-refractivity contribution in [2.75, 3.05) is 18.9 Å². The Morgan fingerprint density at radius 1 is 1.14 bits per heavy atom. The molecule has 9 nitrogen and oxygen atoms in total. The molecule has 3 N–H and O–H groups in total. The number of pyridine rings is 1. The Morgan fingerprint density at radius 2 is 1.81 bits per heavy atom. The van der Waals surface area contributed by atoms with Gasteiger partial charge in [-0.15, -0.1) is 0 Å². The Balaban J connectivity index is 1.45. The van der Waals surface area contributed by atoms with E-state index in [9.17, 15) is 31.2 Å². The van der Waals surface area contributed by atoms with Gasteiger partial charge in [0.25, 0.3) is 5.91 Å². The van der Waals surface area contributed by atoms with Gasteiger partial charge >= 0.3 is 12.3 Å². The Morgan fingerprint density at radius 3 is 2.38 bits per heavy atom. The van der Waals surface area contributed by atoms with Gasteiger partial charge in [0.05, 0.1) is 39.9 Å². The predicted octanol–water partition coefficient (Wildman–Crippen LogP) is 5.08. The first-order valence-electron chi connectivity index (χ1n) is 14.2. The van der Waals surface area contributed by atoms with E-state index in [2.05, 4.69) is 15.2 Å². The molecule has 42 heavy (non-hydrogen) atoms. The number of nitrogens with zero attached hydrogens (tertiary/aromatic N) is 2. The number of sulfone groups is 1. The van der Waals surface area contributed by atoms with Gasteiger partial charge in [0, 0.05) is 19.3 Å². The maximum absolute atomic E-state index is 13.3. The van der Waals surface area contributed by atoms with Crippen LogP contribution in [0.1, 0.15) is 85.2 Å². The largest absolute Gasteiger partial charge is 0.447 e. The van der Waals surface area contributed by atoms with E-state index in [0.29, 0.717) is 37.1 Å². The number of rotatable bonds is 10. The van der Waals surface area contributed by atoms with Gasteiger partial charge < -0.3 is 15.8 Å². The molecule has 0 bridgehead atoms. The van der Waals surface area contributed by atoms with Crippen LogP contribution < -0.4 is 11.1 Å². The minimum absolute atomic E-state index is 0.0204. The minimum Gasteiger partial charge on any atom is -0.447 e. The first-order valence-corrected chi connectivity index (χ1v) is 15.8. The van der Waals surface area contributed by atoms with Gasteiger partial charge in [0.15, 0.2) is 9.84 Å². The molecule has 1 fully saturated rings. The van der Waals surface area contributed by atoms with Crippen molar-refractivity contribution in [3.8, 4) is 0 Å². The second kappa shape index (κ2) is 13.0. The summed E-state index contributed by atoms with van der Waals surface area (Å²) in [5, 5.41) is 2.82. The third-order valence-corrected chi connectivity index (χ3v) is 10.1. The van der Waals surface area contributed by atoms with Gasteiger partial charge in [0.1, 0.15) is 6.61 Å². The zero-order valence-electron chi connectivity index (χ0n) is 23.7. The molecule has 2 atom stereocenters. The maximum Gasteiger partial charge on any atom is 0.404 e. The fourth-order valence-corrected chi connectivity index (χ4v) is 6.81. The summed E-state index contributed by atoms with van der Waals surface area (Å²) in [5.41, 5.74) is 7.70. The summed E-state index contributed by atoms with van der Waals surface area (Å²) in [6.45, 7) is 4.54. The minimum atomic E-state index is -4.13. The lowest BCUT2D eigenvalue weighted by atomic mass is 9.81. The van der Waals surface area contributed by atoms with Crippen LogP contribution in [0.3, 0.4) is 0 Å². The summed E-state index contributed by atoms with van der Waals surface area (Å²) in [6.07, 6.45) is -1.50. The number of nitrogens with two attached hydrogens (primary N) is 1. The number of ether oxygens (including phenoxy) is 1. The summed E-state index contributed by atoms with van der Waals surface area (Å²) in [4.78, 5) is 31.5. The molecule has 1 aromatic carbocycles. The second-order valence-electron chi connectivity index (χ2n) is 11.0. The standard InChI is InChI=1S/C29H37F3N4O5S/c1-3-25-26-21(16-36(25)15-18-5-9-22(10-6-18)29(30,31)32)13-20(14-34-26)27(37)35-24(17-41-28(33)38)19-7-11-23(12-8-19)42(39,40)4-2/h7-8,11-14,18,22,24-25H,3-6,9-10,15-17H2,1-2H3,(H2,33,38)(H,35,37)/t18-,22-,24-,25+/m0/s1. The zero-order valence-corrected chi connectivity index (χ0v) is 24.5. The maximum atomic E-state index is 13.3. The quantitative estimate of drug-likeness (QED) is 0.384. The van der Waals surface area contributed by atoms with E-state index in [1.807, 2.05) is 6.92 Å². The summed E-state index contributed by atoms with van der Waals surface area (Å²) in [5.74, 6) is -1.56. The van der Waals surface area contributed by atoms with Crippen LogP contribution in [0.4, 0.5) is 18.0 Å². The topological polar surface area (TPSA) is 132 Å². The van der Waals surface area contributed by atoms with Crippen LogP contribution in [-0.4, -0.2) is 55.4 Å². The van der Waals surface area contributed by atoms with E-state index in [-0.39, 0.29) is 42.1 Å². The zero-order chi connectivity index (χ0) is 30.7. The summed E-state index contributed by atoms with van der Waals surface area (Å²) in [7, 11) is -3.42. The average Bonchev–Trinajstić information content (AvgIpc) is 3.30. The van der Waals surface area contributed by atoms with Crippen molar-refractivity contribution in [1.82, 2.24) is 15.2 Å². The third-order valence-electron chi connectivity index (χ3n) is 8.30. The molecule has 0 unspecified atom stereocenters. The fourth-order valence-electron chi connectivity index (χ4n) is 5.92. The van der Waals surface area contributed by atoms with Crippen molar-refractivity contribution in [2.24, 2.45) is 17.6 Å². The van der Waals surface area contributed by atoms with Crippen LogP contribution in [0.5, 0.6) is 0 Å². The van der Waals surface area contributed by atoms with Gasteiger partial charge in [-0.2, -0.15) is 13.2 Å². The van der Waals surface area contributed by atoms with Crippen LogP contribution >= 0.6 is 0 Å². The summed E-state index contributed by atoms with van der Waals surface area (Å²) in [6, 6.07) is 6.95. The Bertz CT molecular complexity index is 1380. The van der Waals surface area contributed by atoms with Crippen LogP contribution in [0.15, 0.2) is 41.4 Å². The van der Waals surface area contributed by atoms with Crippen molar-refractivity contribution in [3.05, 3.63) is 58.9 Å². The van der Waals surface area contributed by atoms with E-state index in [1.54, 1.807) is 25.1 Å². The number of primary amides is 1. The summed E-state index contributed by atoms with van der Waals surface area (Å²) >= 11 is 0. The fraction of sp³-hybridized carbons (Fsp3) is 0.552. The molecule has 1 aromatic heterocycles. The van der Waals surface area contributed by atoms with Gasteiger partial charge in [0.2, 0.25) is 0 Å². The molecule has 2 heterocycles. The highest BCUT2D eigenvalue weighted by Gasteiger charge is 2.42. The normalized spacial score (nSPS) is 21.9. The van der Waals surface area contributed by atoms with Crippen molar-refractivity contribution in [3.63, 3.8) is 0 Å². The van der Waals surface area contributed by atoms with Crippen molar-refractivity contribution >= 4 is 21.8 Å². The molecule has 2 aromatic rings. The number of amides is 2. The van der Waals surface area contributed by atoms with Crippen molar-refractivity contribution in [2.45, 2.75) is 75.7 Å². The van der Waals surface area contributed by atoms with Gasteiger partial charge in [-0.3, -0.25) is 14.7 Å². The number of alkyl halides is 3. The van der Waals surface area contributed by atoms with E-state index >= 15 is 0 Å². The first-order chi connectivity index (χ1) is 19.8. The molecule has 1 saturated carbocycles. The van der Waals surface area contributed by atoms with Gasteiger partial charge in [-0.05, 0) is 67.3 Å². The molecule has 4 rings (SSSR count). The monoisotopic (exact) mass is 610 g/mol. The number of benzene rings is 1. The van der Waals surface area contributed by atoms with E-state index in [0.717, 1.165) is 17.7 Å². The lowest BCUT2D eigenvalue weighted by Crippen LogP contribution is -2.33. The number of hydrogen-bond acceptors (Lipinski definition) is 7. The number of halogens is 3. The smallest absolute Gasteiger partial charge is 0.404 e. The van der Waals surface area contributed by atoms with Gasteiger partial charge in [-0.25, -0.2) is 13.2 Å². The molecule has 2 amide bonds. The van der Waals surface area contributed by atoms with Crippen molar-refractivity contribution < 1.29 is 35.9 Å². The molecular weight excluding hydrogens is 573 g/mol. The number of fused-ring (bicyclic) bond motifs is 1. The molecular formula is C29H37F3N4O5S. The first kappa shape index (κ1) is 31.7. The van der Waals surface area contributed by atoms with E-state index < -0.39 is 40.0 Å². The Hall–Kier alpha value is -3.19. The number of carbonyl (C=O) groups excluding carboxylic acids is 2. The molecule has 0 spiro atoms. The van der Waals surface area contributed by atoms with Crippen molar-refractivity contribution in [1.29, 1.82) is 0 Å². The van der Waals surface area contributed by atoms with Crippen LogP contribution in [0.25, 0.3) is 0 Å². The lowest BCUT2D eigenvalue weighted by molar-refractivity contribution is -0.184. The Labute approximate surface area is 243 Å². The van der Waals surface area contributed by atoms with E-state index in [1.165, 1.54) is 18.3 Å². The van der Waals surface area contributed by atoms with E-state index in [4.69, 9.17) is 10.5 Å². The summed E-state index contributed by atoms with van der Waals surface area (Å²) < 4.78 is 68.6. The van der Waals surface area contributed by atoms with Crippen LogP contribution in [-0.2, 0) is 21.1 Å². The molecule has 1 aliphatic heterocycles. The third kappa shape index (κ3) is 7.41. The highest BCUT2D eigenvalue weighted by Crippen LogP contribution is 2.42. The Kier molecular flexibility index (Phi) is 9.81. The predicted molar refractivity (Wildman–Crippen MR) is 149 cm³/mol. The number of aromatic nitrogens is 1. The molecule has 230 valence electrons. The van der Waals surface area contributed by atoms with Crippen LogP contribution in [0, 0.1) is 11.8 Å². The highest BCUT2D eigenvalue weighted by atomic mass is 32.2. The molecule has 0 saturated heterocycles. The molecule has 1 aliphatic carbocycles. The lowest BCUT2D eigenvalue weighted by Gasteiger charge is -2.33. The highest BCUT2D eigenvalue weighted by molar-refractivity contribution is 7.91. The average molecular weight is 611 g/mol. The molecule has 2 aliphatic rings.